The number of terminal acetylenes is 1. The number of aromatic carboxylic acids is 1. The van der Waals surface area contributed by atoms with Crippen LogP contribution >= 0.6 is 0 Å². The fraction of sp³-hybridized carbons (Fsp3) is 0.250. The number of rotatable bonds is 2. The molecule has 0 aliphatic carbocycles. The predicted octanol–water partition coefficient (Wildman–Crippen LogP) is 3.57. The summed E-state index contributed by atoms with van der Waals surface area (Å²) in [5, 5.41) is 8.64. The Hall–Kier alpha value is -2.17. The minimum absolute atomic E-state index is 0.435. The molecule has 20 heavy (non-hydrogen) atoms. The van der Waals surface area contributed by atoms with Crippen LogP contribution in [-0.4, -0.2) is 23.4 Å². The zero-order chi connectivity index (χ0) is 15.7. The molecular formula is C12H6F6O2. The molecule has 0 unspecified atom stereocenters. The van der Waals surface area contributed by atoms with Crippen molar-refractivity contribution in [3.05, 3.63) is 34.9 Å². The molecule has 1 aromatic carbocycles. The van der Waals surface area contributed by atoms with Crippen molar-refractivity contribution in [2.45, 2.75) is 18.3 Å². The first-order chi connectivity index (χ1) is 8.98. The van der Waals surface area contributed by atoms with E-state index in [1.54, 1.807) is 5.92 Å². The van der Waals surface area contributed by atoms with Crippen molar-refractivity contribution < 1.29 is 36.2 Å². The van der Waals surface area contributed by atoms with Gasteiger partial charge in [0.15, 0.2) is 5.92 Å². The summed E-state index contributed by atoms with van der Waals surface area (Å²) in [4.78, 5) is 10.6. The van der Waals surface area contributed by atoms with Gasteiger partial charge in [-0.15, -0.1) is 6.42 Å². The number of benzene rings is 1. The zero-order valence-corrected chi connectivity index (χ0v) is 9.51. The molecule has 0 fully saturated rings. The number of halogens is 6. The predicted molar refractivity (Wildman–Crippen MR) is 56.2 cm³/mol. The van der Waals surface area contributed by atoms with Crippen molar-refractivity contribution in [2.24, 2.45) is 0 Å². The standard InChI is InChI=1S/C12H6F6O2/c1-2-6-5-7(10(19)20)3-4-8(6)9(11(13,14)15)12(16,17)18/h1,3-5,9H,(H,19,20). The summed E-state index contributed by atoms with van der Waals surface area (Å²) < 4.78 is 75.4. The number of carbonyl (C=O) groups is 1. The Morgan fingerprint density at radius 1 is 1.15 bits per heavy atom. The van der Waals surface area contributed by atoms with E-state index in [1.807, 2.05) is 0 Å². The normalized spacial score (nSPS) is 12.3. The maximum absolute atomic E-state index is 12.6. The van der Waals surface area contributed by atoms with Gasteiger partial charge in [0, 0.05) is 5.56 Å². The highest BCUT2D eigenvalue weighted by molar-refractivity contribution is 5.88. The highest BCUT2D eigenvalue weighted by Gasteiger charge is 2.58. The van der Waals surface area contributed by atoms with Gasteiger partial charge in [-0.1, -0.05) is 12.0 Å². The number of alkyl halides is 6. The highest BCUT2D eigenvalue weighted by Crippen LogP contribution is 2.47. The van der Waals surface area contributed by atoms with Crippen molar-refractivity contribution >= 4 is 5.97 Å². The fourth-order valence-corrected chi connectivity index (χ4v) is 1.60. The summed E-state index contributed by atoms with van der Waals surface area (Å²) in [7, 11) is 0. The first kappa shape index (κ1) is 15.9. The summed E-state index contributed by atoms with van der Waals surface area (Å²) in [6, 6.07) is 1.68. The van der Waals surface area contributed by atoms with E-state index in [0.29, 0.717) is 18.2 Å². The third-order valence-corrected chi connectivity index (χ3v) is 2.42. The molecule has 0 radical (unpaired) electrons. The van der Waals surface area contributed by atoms with Crippen LogP contribution < -0.4 is 0 Å². The van der Waals surface area contributed by atoms with Gasteiger partial charge in [-0.3, -0.25) is 0 Å². The van der Waals surface area contributed by atoms with Crippen LogP contribution in [0, 0.1) is 12.3 Å². The van der Waals surface area contributed by atoms with Crippen LogP contribution in [0.1, 0.15) is 27.4 Å². The number of carboxylic acids is 1. The SMILES string of the molecule is C#Cc1cc(C(=O)O)ccc1C(C(F)(F)F)C(F)(F)F. The quantitative estimate of drug-likeness (QED) is 0.669. The monoisotopic (exact) mass is 296 g/mol. The lowest BCUT2D eigenvalue weighted by molar-refractivity contribution is -0.253. The Kier molecular flexibility index (Phi) is 4.03. The highest BCUT2D eigenvalue weighted by atomic mass is 19.4. The van der Waals surface area contributed by atoms with Crippen molar-refractivity contribution in [1.29, 1.82) is 0 Å². The van der Waals surface area contributed by atoms with E-state index in [-0.39, 0.29) is 0 Å². The number of hydrogen-bond acceptors (Lipinski definition) is 1. The molecule has 0 amide bonds. The molecule has 0 aliphatic heterocycles. The lowest BCUT2D eigenvalue weighted by Gasteiger charge is -2.24. The van der Waals surface area contributed by atoms with Crippen LogP contribution in [0.25, 0.3) is 0 Å². The second-order valence-corrected chi connectivity index (χ2v) is 3.77. The van der Waals surface area contributed by atoms with Gasteiger partial charge in [0.05, 0.1) is 5.56 Å². The molecule has 108 valence electrons. The van der Waals surface area contributed by atoms with Crippen molar-refractivity contribution in [2.75, 3.05) is 0 Å². The number of hydrogen-bond donors (Lipinski definition) is 1. The molecule has 0 saturated carbocycles. The molecule has 1 rings (SSSR count). The molecule has 0 heterocycles. The minimum atomic E-state index is -5.59. The largest absolute Gasteiger partial charge is 0.478 e. The number of carboxylic acid groups (broad SMARTS) is 1. The zero-order valence-electron chi connectivity index (χ0n) is 9.51. The molecular weight excluding hydrogens is 290 g/mol. The molecule has 0 aromatic heterocycles. The maximum atomic E-state index is 12.6. The van der Waals surface area contributed by atoms with Gasteiger partial charge < -0.3 is 5.11 Å². The van der Waals surface area contributed by atoms with Crippen LogP contribution in [0.15, 0.2) is 18.2 Å². The molecule has 1 aromatic rings. The third kappa shape index (κ3) is 3.23. The van der Waals surface area contributed by atoms with E-state index in [1.165, 1.54) is 0 Å². The van der Waals surface area contributed by atoms with Crippen molar-refractivity contribution in [1.82, 2.24) is 0 Å². The Morgan fingerprint density at radius 2 is 1.65 bits per heavy atom. The molecule has 1 N–H and O–H groups in total. The Bertz CT molecular complexity index is 551. The van der Waals surface area contributed by atoms with Crippen LogP contribution in [0.4, 0.5) is 26.3 Å². The summed E-state index contributed by atoms with van der Waals surface area (Å²) in [6.45, 7) is 0. The first-order valence-electron chi connectivity index (χ1n) is 4.95. The van der Waals surface area contributed by atoms with Crippen LogP contribution in [0.5, 0.6) is 0 Å². The van der Waals surface area contributed by atoms with E-state index < -0.39 is 40.9 Å². The molecule has 0 bridgehead atoms. The Balaban J connectivity index is 3.51. The van der Waals surface area contributed by atoms with Crippen LogP contribution in [0.2, 0.25) is 0 Å². The Morgan fingerprint density at radius 3 is 2.00 bits per heavy atom. The summed E-state index contributed by atoms with van der Waals surface area (Å²) in [6.07, 6.45) is -6.31. The van der Waals surface area contributed by atoms with E-state index in [0.717, 1.165) is 0 Å². The molecule has 2 nitrogen and oxygen atoms in total. The molecule has 0 atom stereocenters. The van der Waals surface area contributed by atoms with Gasteiger partial charge in [0.25, 0.3) is 0 Å². The topological polar surface area (TPSA) is 37.3 Å². The molecule has 0 spiro atoms. The average Bonchev–Trinajstić information content (AvgIpc) is 2.25. The average molecular weight is 296 g/mol. The van der Waals surface area contributed by atoms with Crippen LogP contribution in [0.3, 0.4) is 0 Å². The third-order valence-electron chi connectivity index (χ3n) is 2.42. The summed E-state index contributed by atoms with van der Waals surface area (Å²) >= 11 is 0. The fourth-order valence-electron chi connectivity index (χ4n) is 1.60. The smallest absolute Gasteiger partial charge is 0.404 e. The van der Waals surface area contributed by atoms with Gasteiger partial charge in [-0.05, 0) is 17.7 Å². The second-order valence-electron chi connectivity index (χ2n) is 3.77. The van der Waals surface area contributed by atoms with Gasteiger partial charge in [0.2, 0.25) is 0 Å². The van der Waals surface area contributed by atoms with Crippen LogP contribution in [-0.2, 0) is 0 Å². The molecule has 8 heteroatoms. The van der Waals surface area contributed by atoms with E-state index >= 15 is 0 Å². The van der Waals surface area contributed by atoms with Crippen molar-refractivity contribution in [3.8, 4) is 12.3 Å². The lowest BCUT2D eigenvalue weighted by atomic mass is 9.92. The van der Waals surface area contributed by atoms with Crippen molar-refractivity contribution in [3.63, 3.8) is 0 Å². The summed E-state index contributed by atoms with van der Waals surface area (Å²) in [5.41, 5.74) is -2.45. The Labute approximate surface area is 109 Å². The van der Waals surface area contributed by atoms with E-state index in [2.05, 4.69) is 0 Å². The second kappa shape index (κ2) is 5.07. The van der Waals surface area contributed by atoms with Gasteiger partial charge >= 0.3 is 18.3 Å². The van der Waals surface area contributed by atoms with Gasteiger partial charge in [-0.25, -0.2) is 4.79 Å². The molecule has 0 aliphatic rings. The van der Waals surface area contributed by atoms with E-state index in [9.17, 15) is 31.1 Å². The van der Waals surface area contributed by atoms with Gasteiger partial charge in [0.1, 0.15) is 0 Å². The van der Waals surface area contributed by atoms with E-state index in [4.69, 9.17) is 11.5 Å². The van der Waals surface area contributed by atoms with Gasteiger partial charge in [-0.2, -0.15) is 26.3 Å². The molecule has 0 saturated heterocycles. The first-order valence-corrected chi connectivity index (χ1v) is 4.95. The summed E-state index contributed by atoms with van der Waals surface area (Å²) in [5.74, 6) is -3.62. The lowest BCUT2D eigenvalue weighted by Crippen LogP contribution is -2.34. The minimum Gasteiger partial charge on any atom is -0.478 e. The maximum Gasteiger partial charge on any atom is 0.404 e.